The molecule has 30 heavy (non-hydrogen) atoms. The summed E-state index contributed by atoms with van der Waals surface area (Å²) in [4.78, 5) is 19.1. The van der Waals surface area contributed by atoms with E-state index in [4.69, 9.17) is 0 Å². The molecule has 0 aliphatic carbocycles. The molecule has 2 aromatic carbocycles. The lowest BCUT2D eigenvalue weighted by Crippen LogP contribution is -3.16. The van der Waals surface area contributed by atoms with Crippen LogP contribution in [0.1, 0.15) is 24.0 Å². The summed E-state index contributed by atoms with van der Waals surface area (Å²) >= 11 is 0. The summed E-state index contributed by atoms with van der Waals surface area (Å²) in [6.07, 6.45) is 6.36. The molecule has 4 nitrogen and oxygen atoms in total. The Hall–Kier alpha value is -2.85. The zero-order valence-corrected chi connectivity index (χ0v) is 18.6. The largest absolute Gasteiger partial charge is 0.378 e. The Morgan fingerprint density at radius 1 is 0.733 bits per heavy atom. The predicted octanol–water partition coefficient (Wildman–Crippen LogP) is 2.91. The summed E-state index contributed by atoms with van der Waals surface area (Å²) in [6, 6.07) is 17.4. The van der Waals surface area contributed by atoms with Crippen molar-refractivity contribution in [2.24, 2.45) is 0 Å². The van der Waals surface area contributed by atoms with Gasteiger partial charge in [0.1, 0.15) is 12.1 Å². The fourth-order valence-corrected chi connectivity index (χ4v) is 4.75. The SMILES string of the molecule is CN(C)c1ccc(/C=C2\C(=O)/C(=C\c3ccc(N(C)C)cc3)[C@@H]3CC[C@H]2[NH+]3C)cc1. The van der Waals surface area contributed by atoms with E-state index < -0.39 is 0 Å². The molecule has 0 spiro atoms. The Bertz CT molecular complexity index is 904. The van der Waals surface area contributed by atoms with Gasteiger partial charge in [-0.25, -0.2) is 0 Å². The third-order valence-electron chi connectivity index (χ3n) is 6.58. The van der Waals surface area contributed by atoms with E-state index >= 15 is 0 Å². The van der Waals surface area contributed by atoms with E-state index in [1.165, 1.54) is 4.90 Å². The van der Waals surface area contributed by atoms with Gasteiger partial charge in [0.05, 0.1) is 18.2 Å². The molecular formula is C26H32N3O+. The van der Waals surface area contributed by atoms with Crippen LogP contribution in [0.3, 0.4) is 0 Å². The number of carbonyl (C=O) groups is 1. The number of hydrogen-bond donors (Lipinski definition) is 1. The number of piperidine rings is 1. The Kier molecular flexibility index (Phi) is 5.52. The van der Waals surface area contributed by atoms with Gasteiger partial charge >= 0.3 is 0 Å². The molecule has 2 saturated heterocycles. The van der Waals surface area contributed by atoms with Crippen molar-refractivity contribution in [3.63, 3.8) is 0 Å². The van der Waals surface area contributed by atoms with E-state index in [0.29, 0.717) is 12.1 Å². The number of rotatable bonds is 4. The highest BCUT2D eigenvalue weighted by Crippen LogP contribution is 2.31. The Morgan fingerprint density at radius 2 is 1.10 bits per heavy atom. The molecule has 0 radical (unpaired) electrons. The number of nitrogens with one attached hydrogen (secondary N) is 1. The van der Waals surface area contributed by atoms with Gasteiger partial charge in [0.25, 0.3) is 0 Å². The van der Waals surface area contributed by atoms with Crippen LogP contribution in [0.15, 0.2) is 59.7 Å². The minimum atomic E-state index is 0.224. The minimum Gasteiger partial charge on any atom is -0.378 e. The van der Waals surface area contributed by atoms with Gasteiger partial charge in [-0.1, -0.05) is 24.3 Å². The molecule has 156 valence electrons. The third-order valence-corrected chi connectivity index (χ3v) is 6.58. The van der Waals surface area contributed by atoms with Gasteiger partial charge in [-0.2, -0.15) is 0 Å². The van der Waals surface area contributed by atoms with Crippen molar-refractivity contribution in [3.05, 3.63) is 70.8 Å². The lowest BCUT2D eigenvalue weighted by Gasteiger charge is -2.31. The topological polar surface area (TPSA) is 28.0 Å². The van der Waals surface area contributed by atoms with Crippen LogP contribution in [0.4, 0.5) is 11.4 Å². The zero-order valence-electron chi connectivity index (χ0n) is 18.6. The molecule has 2 heterocycles. The number of anilines is 2. The molecule has 4 rings (SSSR count). The van der Waals surface area contributed by atoms with Gasteiger partial charge in [-0.3, -0.25) is 4.79 Å². The van der Waals surface area contributed by atoms with Crippen molar-refractivity contribution < 1.29 is 9.69 Å². The van der Waals surface area contributed by atoms with Crippen molar-refractivity contribution in [3.8, 4) is 0 Å². The van der Waals surface area contributed by atoms with E-state index in [-0.39, 0.29) is 5.78 Å². The van der Waals surface area contributed by atoms with Gasteiger partial charge in [-0.05, 0) is 47.5 Å². The molecule has 1 unspecified atom stereocenters. The summed E-state index contributed by atoms with van der Waals surface area (Å²) in [5.74, 6) is 0.224. The Morgan fingerprint density at radius 3 is 1.43 bits per heavy atom. The number of quaternary nitrogens is 1. The van der Waals surface area contributed by atoms with E-state index in [1.54, 1.807) is 0 Å². The smallest absolute Gasteiger partial charge is 0.196 e. The summed E-state index contributed by atoms with van der Waals surface area (Å²) in [5, 5.41) is 0. The lowest BCUT2D eigenvalue weighted by molar-refractivity contribution is -0.906. The molecule has 3 atom stereocenters. The van der Waals surface area contributed by atoms with Crippen LogP contribution in [-0.4, -0.2) is 53.1 Å². The summed E-state index contributed by atoms with van der Waals surface area (Å²) in [6.45, 7) is 0. The van der Waals surface area contributed by atoms with Crippen molar-refractivity contribution in [2.75, 3.05) is 45.0 Å². The average molecular weight is 403 g/mol. The molecule has 0 amide bonds. The minimum absolute atomic E-state index is 0.224. The van der Waals surface area contributed by atoms with E-state index in [1.807, 2.05) is 28.2 Å². The van der Waals surface area contributed by atoms with E-state index in [2.05, 4.69) is 77.5 Å². The highest BCUT2D eigenvalue weighted by Gasteiger charge is 2.48. The fourth-order valence-electron chi connectivity index (χ4n) is 4.75. The summed E-state index contributed by atoms with van der Waals surface area (Å²) in [5.41, 5.74) is 6.42. The number of Topliss-reactive ketones (excluding diaryl/α,β-unsaturated/α-hetero) is 1. The van der Waals surface area contributed by atoms with Crippen LogP contribution < -0.4 is 14.7 Å². The molecule has 2 fully saturated rings. The van der Waals surface area contributed by atoms with E-state index in [0.717, 1.165) is 46.5 Å². The first-order chi connectivity index (χ1) is 14.3. The van der Waals surface area contributed by atoms with E-state index in [9.17, 15) is 4.79 Å². The molecule has 2 bridgehead atoms. The van der Waals surface area contributed by atoms with Crippen molar-refractivity contribution in [2.45, 2.75) is 24.9 Å². The number of fused-ring (bicyclic) bond motifs is 2. The average Bonchev–Trinajstić information content (AvgIpc) is 3.04. The van der Waals surface area contributed by atoms with Crippen LogP contribution >= 0.6 is 0 Å². The van der Waals surface area contributed by atoms with Crippen LogP contribution in [0.5, 0.6) is 0 Å². The Balaban J connectivity index is 1.68. The number of nitrogens with zero attached hydrogens (tertiary/aromatic N) is 2. The standard InChI is InChI=1S/C26H31N3O/c1-27(2)20-10-6-18(7-11-20)16-22-24-14-15-25(29(24)5)23(26(22)30)17-19-8-12-21(13-9-19)28(3)4/h6-13,16-17,24-25H,14-15H2,1-5H3/p+1/b22-16-,23-17-/t24-,25+. The quantitative estimate of drug-likeness (QED) is 0.797. The zero-order chi connectivity index (χ0) is 21.4. The normalized spacial score (nSPS) is 25.8. The lowest BCUT2D eigenvalue weighted by atomic mass is 9.88. The first-order valence-corrected chi connectivity index (χ1v) is 10.7. The highest BCUT2D eigenvalue weighted by molar-refractivity contribution is 6.15. The molecule has 2 aliphatic heterocycles. The second kappa shape index (κ2) is 8.11. The molecule has 2 aromatic rings. The van der Waals surface area contributed by atoms with Crippen LogP contribution in [0, 0.1) is 0 Å². The first kappa shape index (κ1) is 20.4. The van der Waals surface area contributed by atoms with Gasteiger partial charge in [-0.15, -0.1) is 0 Å². The fraction of sp³-hybridized carbons (Fsp3) is 0.346. The maximum Gasteiger partial charge on any atom is 0.196 e. The van der Waals surface area contributed by atoms with Crippen molar-refractivity contribution in [1.82, 2.24) is 0 Å². The summed E-state index contributed by atoms with van der Waals surface area (Å²) < 4.78 is 0. The van der Waals surface area contributed by atoms with Crippen LogP contribution in [0.25, 0.3) is 12.2 Å². The van der Waals surface area contributed by atoms with Gasteiger partial charge in [0, 0.05) is 52.4 Å². The molecule has 2 aliphatic rings. The maximum atomic E-state index is 13.5. The monoisotopic (exact) mass is 402 g/mol. The Labute approximate surface area is 180 Å². The number of likely N-dealkylation sites (N-methyl/N-ethyl adjacent to an activating group) is 1. The number of benzene rings is 2. The first-order valence-electron chi connectivity index (χ1n) is 10.7. The predicted molar refractivity (Wildman–Crippen MR) is 126 cm³/mol. The molecule has 1 N–H and O–H groups in total. The number of hydrogen-bond acceptors (Lipinski definition) is 3. The van der Waals surface area contributed by atoms with Crippen LogP contribution in [0.2, 0.25) is 0 Å². The summed E-state index contributed by atoms with van der Waals surface area (Å²) in [7, 11) is 10.4. The van der Waals surface area contributed by atoms with Crippen molar-refractivity contribution >= 4 is 29.3 Å². The van der Waals surface area contributed by atoms with Gasteiger partial charge < -0.3 is 14.7 Å². The number of carbonyl (C=O) groups excluding carboxylic acids is 1. The van der Waals surface area contributed by atoms with Crippen LogP contribution in [-0.2, 0) is 4.79 Å². The molecule has 0 aromatic heterocycles. The van der Waals surface area contributed by atoms with Crippen molar-refractivity contribution in [1.29, 1.82) is 0 Å². The third kappa shape index (κ3) is 3.80. The second-order valence-corrected chi connectivity index (χ2v) is 8.93. The second-order valence-electron chi connectivity index (χ2n) is 8.93. The van der Waals surface area contributed by atoms with Gasteiger partial charge in [0.15, 0.2) is 5.78 Å². The molecule has 0 saturated carbocycles. The van der Waals surface area contributed by atoms with Gasteiger partial charge in [0.2, 0.25) is 0 Å². The molecular weight excluding hydrogens is 370 g/mol. The molecule has 4 heteroatoms. The number of ketones is 1. The maximum absolute atomic E-state index is 13.5. The highest BCUT2D eigenvalue weighted by atomic mass is 16.1.